The summed E-state index contributed by atoms with van der Waals surface area (Å²) in [6, 6.07) is 0. The molecule has 0 aliphatic rings. The highest BCUT2D eigenvalue weighted by Gasteiger charge is 2.26. The molecule has 18 heavy (non-hydrogen) atoms. The van der Waals surface area contributed by atoms with Gasteiger partial charge in [-0.15, -0.1) is 0 Å². The third-order valence-electron chi connectivity index (χ3n) is 2.41. The number of hydrogen-bond donors (Lipinski definition) is 2. The van der Waals surface area contributed by atoms with Gasteiger partial charge in [-0.1, -0.05) is 0 Å². The second kappa shape index (κ2) is 4.31. The molecule has 2 heterocycles. The minimum atomic E-state index is -4.28. The van der Waals surface area contributed by atoms with Gasteiger partial charge in [-0.2, -0.15) is 13.2 Å². The molecule has 2 aromatic rings. The molecule has 2 aromatic heterocycles. The molecule has 0 aliphatic carbocycles. The summed E-state index contributed by atoms with van der Waals surface area (Å²) in [5.74, 6) is 0. The molecule has 0 atom stereocenters. The van der Waals surface area contributed by atoms with Crippen molar-refractivity contribution in [2.45, 2.75) is 25.6 Å². The number of nitrogens with one attached hydrogen (secondary N) is 2. The first-order chi connectivity index (χ1) is 8.38. The number of aromatic nitrogens is 4. The molecule has 0 aromatic carbocycles. The van der Waals surface area contributed by atoms with Crippen LogP contribution < -0.4 is 11.2 Å². The summed E-state index contributed by atoms with van der Waals surface area (Å²) >= 11 is 0. The highest BCUT2D eigenvalue weighted by molar-refractivity contribution is 5.68. The lowest BCUT2D eigenvalue weighted by molar-refractivity contribution is -0.135. The summed E-state index contributed by atoms with van der Waals surface area (Å²) in [5.41, 5.74) is -1.18. The number of alkyl halides is 3. The number of aromatic amines is 2. The van der Waals surface area contributed by atoms with Crippen LogP contribution in [0.15, 0.2) is 15.9 Å². The second-order valence-corrected chi connectivity index (χ2v) is 3.73. The summed E-state index contributed by atoms with van der Waals surface area (Å²) in [7, 11) is 0. The fourth-order valence-electron chi connectivity index (χ4n) is 1.66. The average molecular weight is 262 g/mol. The Labute approximate surface area is 97.5 Å². The third-order valence-corrected chi connectivity index (χ3v) is 2.41. The van der Waals surface area contributed by atoms with Crippen molar-refractivity contribution in [3.8, 4) is 0 Å². The highest BCUT2D eigenvalue weighted by Crippen LogP contribution is 2.21. The van der Waals surface area contributed by atoms with Gasteiger partial charge in [-0.25, -0.2) is 9.78 Å². The van der Waals surface area contributed by atoms with E-state index in [4.69, 9.17) is 0 Å². The Hall–Kier alpha value is -2.06. The van der Waals surface area contributed by atoms with Crippen molar-refractivity contribution in [1.29, 1.82) is 0 Å². The zero-order valence-corrected chi connectivity index (χ0v) is 9.04. The van der Waals surface area contributed by atoms with Gasteiger partial charge in [0.1, 0.15) is 0 Å². The number of hydrogen-bond acceptors (Lipinski definition) is 3. The van der Waals surface area contributed by atoms with E-state index in [9.17, 15) is 22.8 Å². The van der Waals surface area contributed by atoms with Crippen molar-refractivity contribution >= 4 is 11.2 Å². The van der Waals surface area contributed by atoms with E-state index in [1.165, 1.54) is 0 Å². The lowest BCUT2D eigenvalue weighted by Gasteiger charge is -2.06. The summed E-state index contributed by atoms with van der Waals surface area (Å²) in [6.07, 6.45) is -4.45. The van der Waals surface area contributed by atoms with Crippen LogP contribution in [-0.4, -0.2) is 25.7 Å². The Morgan fingerprint density at radius 3 is 2.72 bits per heavy atom. The number of rotatable bonds is 3. The summed E-state index contributed by atoms with van der Waals surface area (Å²) < 4.78 is 37.0. The molecule has 0 amide bonds. The van der Waals surface area contributed by atoms with Gasteiger partial charge in [-0.3, -0.25) is 14.3 Å². The van der Waals surface area contributed by atoms with Crippen LogP contribution in [0.1, 0.15) is 12.8 Å². The minimum Gasteiger partial charge on any atom is -0.311 e. The van der Waals surface area contributed by atoms with Gasteiger partial charge in [-0.05, 0) is 6.42 Å². The first-order valence-electron chi connectivity index (χ1n) is 5.11. The molecule has 2 N–H and O–H groups in total. The first kappa shape index (κ1) is 12.4. The number of aryl methyl sites for hydroxylation is 1. The first-order valence-corrected chi connectivity index (χ1v) is 5.11. The van der Waals surface area contributed by atoms with Gasteiger partial charge >= 0.3 is 11.9 Å². The van der Waals surface area contributed by atoms with Crippen LogP contribution in [0.25, 0.3) is 11.2 Å². The molecule has 0 saturated heterocycles. The largest absolute Gasteiger partial charge is 0.389 e. The number of fused-ring (bicyclic) bond motifs is 1. The normalized spacial score (nSPS) is 12.2. The van der Waals surface area contributed by atoms with Crippen LogP contribution in [0.5, 0.6) is 0 Å². The third kappa shape index (κ3) is 2.44. The Kier molecular flexibility index (Phi) is 2.97. The van der Waals surface area contributed by atoms with E-state index < -0.39 is 23.8 Å². The number of halogens is 3. The smallest absolute Gasteiger partial charge is 0.311 e. The van der Waals surface area contributed by atoms with Gasteiger partial charge < -0.3 is 4.98 Å². The van der Waals surface area contributed by atoms with Gasteiger partial charge in [0, 0.05) is 13.0 Å². The maximum Gasteiger partial charge on any atom is 0.389 e. The van der Waals surface area contributed by atoms with Gasteiger partial charge in [0.25, 0.3) is 5.56 Å². The molecule has 0 radical (unpaired) electrons. The van der Waals surface area contributed by atoms with Crippen molar-refractivity contribution in [2.24, 2.45) is 0 Å². The maximum atomic E-state index is 12.0. The Bertz CT molecular complexity index is 667. The lowest BCUT2D eigenvalue weighted by Crippen LogP contribution is -2.21. The number of imidazole rings is 1. The van der Waals surface area contributed by atoms with Gasteiger partial charge in [0.15, 0.2) is 11.2 Å². The molecule has 9 heteroatoms. The van der Waals surface area contributed by atoms with E-state index in [0.29, 0.717) is 0 Å². The van der Waals surface area contributed by atoms with Crippen molar-refractivity contribution in [3.63, 3.8) is 0 Å². The second-order valence-electron chi connectivity index (χ2n) is 3.73. The van der Waals surface area contributed by atoms with Gasteiger partial charge in [0.05, 0.1) is 6.33 Å². The minimum absolute atomic E-state index is 0.0373. The number of nitrogens with zero attached hydrogens (tertiary/aromatic N) is 2. The number of H-pyrrole nitrogens is 2. The zero-order chi connectivity index (χ0) is 13.3. The monoisotopic (exact) mass is 262 g/mol. The molecule has 2 rings (SSSR count). The van der Waals surface area contributed by atoms with Crippen molar-refractivity contribution in [3.05, 3.63) is 27.2 Å². The summed E-state index contributed by atoms with van der Waals surface area (Å²) in [6.45, 7) is -0.187. The molecule has 0 spiro atoms. The van der Waals surface area contributed by atoms with Gasteiger partial charge in [0.2, 0.25) is 0 Å². The van der Waals surface area contributed by atoms with Crippen molar-refractivity contribution < 1.29 is 13.2 Å². The van der Waals surface area contributed by atoms with Crippen molar-refractivity contribution in [1.82, 2.24) is 19.5 Å². The van der Waals surface area contributed by atoms with E-state index in [1.807, 2.05) is 0 Å². The Morgan fingerprint density at radius 1 is 1.33 bits per heavy atom. The van der Waals surface area contributed by atoms with E-state index >= 15 is 0 Å². The lowest BCUT2D eigenvalue weighted by atomic mass is 10.3. The molecule has 0 bridgehead atoms. The van der Waals surface area contributed by atoms with E-state index in [1.54, 1.807) is 0 Å². The molecule has 0 fully saturated rings. The van der Waals surface area contributed by atoms with Crippen molar-refractivity contribution in [2.75, 3.05) is 0 Å². The molecular weight excluding hydrogens is 253 g/mol. The van der Waals surface area contributed by atoms with Crippen LogP contribution in [0.2, 0.25) is 0 Å². The van der Waals surface area contributed by atoms with E-state index in [-0.39, 0.29) is 24.1 Å². The topological polar surface area (TPSA) is 83.5 Å². The standard InChI is InChI=1S/C9H9F3N4O2/c10-9(11,12)2-1-3-16-5-6(15-8(16)18)13-4-14-7(5)17/h4H,1-3H2,(H2,13,14,15,17,18). The van der Waals surface area contributed by atoms with Crippen LogP contribution >= 0.6 is 0 Å². The molecule has 0 aliphatic heterocycles. The van der Waals surface area contributed by atoms with E-state index in [0.717, 1.165) is 10.9 Å². The van der Waals surface area contributed by atoms with Crippen LogP contribution in [0.3, 0.4) is 0 Å². The fraction of sp³-hybridized carbons (Fsp3) is 0.444. The molecule has 6 nitrogen and oxygen atoms in total. The maximum absolute atomic E-state index is 12.0. The molecule has 0 saturated carbocycles. The SMILES string of the molecule is O=c1[nH]cnc2[nH]c(=O)n(CCCC(F)(F)F)c12. The van der Waals surface area contributed by atoms with E-state index in [2.05, 4.69) is 15.0 Å². The molecule has 0 unspecified atom stereocenters. The van der Waals surface area contributed by atoms with Crippen LogP contribution in [-0.2, 0) is 6.54 Å². The zero-order valence-electron chi connectivity index (χ0n) is 9.04. The highest BCUT2D eigenvalue weighted by atomic mass is 19.4. The Morgan fingerprint density at radius 2 is 2.06 bits per heavy atom. The van der Waals surface area contributed by atoms with Crippen LogP contribution in [0, 0.1) is 0 Å². The predicted octanol–water partition coefficient (Wildman–Crippen LogP) is 0.755. The molecule has 98 valence electrons. The summed E-state index contributed by atoms with van der Waals surface area (Å²) in [5, 5.41) is 0. The molecular formula is C9H9F3N4O2. The summed E-state index contributed by atoms with van der Waals surface area (Å²) in [4.78, 5) is 31.3. The Balaban J connectivity index is 2.31. The predicted molar refractivity (Wildman–Crippen MR) is 56.3 cm³/mol. The average Bonchev–Trinajstić information content (AvgIpc) is 2.55. The quantitative estimate of drug-likeness (QED) is 0.856. The fourth-order valence-corrected chi connectivity index (χ4v) is 1.66. The van der Waals surface area contributed by atoms with Crippen LogP contribution in [0.4, 0.5) is 13.2 Å².